The zero-order valence-electron chi connectivity index (χ0n) is 4.85. The molecule has 0 spiro atoms. The fraction of sp³-hybridized carbons (Fsp3) is 0.800. The molecule has 1 unspecified atom stereocenters. The Bertz CT molecular complexity index is 82.5. The number of hydrogen-bond donors (Lipinski definition) is 1. The molecule has 0 saturated carbocycles. The van der Waals surface area contributed by atoms with Crippen LogP contribution in [0.4, 0.5) is 0 Å². The third kappa shape index (κ3) is 3.22. The van der Waals surface area contributed by atoms with Gasteiger partial charge in [0.2, 0.25) is 0 Å². The van der Waals surface area contributed by atoms with Crippen LogP contribution in [0, 0.1) is 0 Å². The molecule has 0 aromatic rings. The Hall–Kier alpha value is 0.184. The summed E-state index contributed by atoms with van der Waals surface area (Å²) in [6, 6.07) is 0. The standard InChI is InChI=1S/C5H9O2.Ti/c1-2-3-4-5(6)7;/h4H,2-3H2,1H3,(H,6,7);. The van der Waals surface area contributed by atoms with Crippen LogP contribution in [0.1, 0.15) is 19.8 Å². The van der Waals surface area contributed by atoms with Crippen LogP contribution in [0.5, 0.6) is 0 Å². The molecule has 0 radical (unpaired) electrons. The quantitative estimate of drug-likeness (QED) is 0.612. The Morgan fingerprint density at radius 3 is 2.50 bits per heavy atom. The third-order valence-electron chi connectivity index (χ3n) is 0.875. The molecule has 45 valence electrons. The molecule has 0 aliphatic heterocycles. The molecular formula is C5H9O2Ti. The monoisotopic (exact) mass is 149 g/mol. The average molecular weight is 149 g/mol. The van der Waals surface area contributed by atoms with E-state index in [4.69, 9.17) is 5.11 Å². The average Bonchev–Trinajstić information content (AvgIpc) is 1.67. The summed E-state index contributed by atoms with van der Waals surface area (Å²) in [7, 11) is 0. The van der Waals surface area contributed by atoms with Crippen LogP contribution in [-0.2, 0) is 25.2 Å². The number of hydrogen-bond acceptors (Lipinski definition) is 1. The molecule has 0 heterocycles. The second kappa shape index (κ2) is 4.10. The number of aliphatic carboxylic acids is 1. The van der Waals surface area contributed by atoms with Gasteiger partial charge in [0.15, 0.2) is 0 Å². The summed E-state index contributed by atoms with van der Waals surface area (Å²) in [5.74, 6) is -0.688. The van der Waals surface area contributed by atoms with Crippen LogP contribution in [0.15, 0.2) is 0 Å². The molecule has 2 nitrogen and oxygen atoms in total. The van der Waals surface area contributed by atoms with Crippen molar-refractivity contribution in [3.05, 3.63) is 0 Å². The van der Waals surface area contributed by atoms with Crippen LogP contribution in [0.25, 0.3) is 0 Å². The van der Waals surface area contributed by atoms with Crippen LogP contribution >= 0.6 is 0 Å². The fourth-order valence-electron chi connectivity index (χ4n) is 0.412. The summed E-state index contributed by atoms with van der Waals surface area (Å²) in [6.45, 7) is 1.99. The zero-order chi connectivity index (χ0) is 6.57. The van der Waals surface area contributed by atoms with Gasteiger partial charge < -0.3 is 0 Å². The van der Waals surface area contributed by atoms with E-state index in [9.17, 15) is 4.79 Å². The summed E-state index contributed by atoms with van der Waals surface area (Å²) >= 11 is 1.73. The normalized spacial score (nSPS) is 13.0. The molecule has 0 aromatic carbocycles. The second-order valence-electron chi connectivity index (χ2n) is 1.68. The predicted octanol–water partition coefficient (Wildman–Crippen LogP) is 1.21. The van der Waals surface area contributed by atoms with E-state index in [1.54, 1.807) is 20.4 Å². The Morgan fingerprint density at radius 1 is 1.88 bits per heavy atom. The molecule has 0 aliphatic carbocycles. The van der Waals surface area contributed by atoms with Gasteiger partial charge >= 0.3 is 60.3 Å². The topological polar surface area (TPSA) is 37.3 Å². The van der Waals surface area contributed by atoms with E-state index in [1.165, 1.54) is 0 Å². The van der Waals surface area contributed by atoms with Crippen molar-refractivity contribution < 1.29 is 30.3 Å². The molecule has 0 bridgehead atoms. The first-order valence-corrected chi connectivity index (χ1v) is 3.52. The SMILES string of the molecule is CCC[CH]([Ti])C(=O)O. The number of carboxylic acid groups (broad SMARTS) is 1. The maximum atomic E-state index is 10.1. The van der Waals surface area contributed by atoms with Gasteiger partial charge in [0, 0.05) is 0 Å². The molecule has 0 aromatic heterocycles. The first-order chi connectivity index (χ1) is 3.68. The Balaban J connectivity index is 3.32. The maximum absolute atomic E-state index is 10.1. The van der Waals surface area contributed by atoms with Gasteiger partial charge in [0.25, 0.3) is 0 Å². The molecule has 0 fully saturated rings. The summed E-state index contributed by atoms with van der Waals surface area (Å²) < 4.78 is -0.167. The van der Waals surface area contributed by atoms with Crippen LogP contribution < -0.4 is 0 Å². The Labute approximate surface area is 60.7 Å². The molecular weight excluding hydrogens is 140 g/mol. The van der Waals surface area contributed by atoms with Gasteiger partial charge in [0.1, 0.15) is 0 Å². The van der Waals surface area contributed by atoms with Gasteiger partial charge in [-0.25, -0.2) is 0 Å². The van der Waals surface area contributed by atoms with E-state index < -0.39 is 5.97 Å². The summed E-state index contributed by atoms with van der Waals surface area (Å²) in [5.41, 5.74) is 0. The summed E-state index contributed by atoms with van der Waals surface area (Å²) in [4.78, 5) is 10.1. The van der Waals surface area contributed by atoms with Gasteiger partial charge in [-0.1, -0.05) is 0 Å². The van der Waals surface area contributed by atoms with Gasteiger partial charge in [0.05, 0.1) is 0 Å². The number of carbonyl (C=O) groups is 1. The third-order valence-corrected chi connectivity index (χ3v) is 1.71. The first-order valence-electron chi connectivity index (χ1n) is 2.62. The minimum atomic E-state index is -0.688. The van der Waals surface area contributed by atoms with Crippen LogP contribution in [-0.4, -0.2) is 11.1 Å². The molecule has 0 saturated heterocycles. The molecule has 1 N–H and O–H groups in total. The summed E-state index contributed by atoms with van der Waals surface area (Å²) in [5, 5.41) is 8.31. The van der Waals surface area contributed by atoms with E-state index in [0.717, 1.165) is 12.8 Å². The van der Waals surface area contributed by atoms with Gasteiger partial charge in [-0.15, -0.1) is 0 Å². The van der Waals surface area contributed by atoms with Crippen molar-refractivity contribution in [2.75, 3.05) is 0 Å². The number of carboxylic acids is 1. The van der Waals surface area contributed by atoms with Crippen molar-refractivity contribution in [1.29, 1.82) is 0 Å². The Morgan fingerprint density at radius 2 is 2.38 bits per heavy atom. The van der Waals surface area contributed by atoms with Crippen molar-refractivity contribution in [3.63, 3.8) is 0 Å². The molecule has 1 atom stereocenters. The zero-order valence-corrected chi connectivity index (χ0v) is 6.41. The van der Waals surface area contributed by atoms with Gasteiger partial charge in [-0.2, -0.15) is 0 Å². The van der Waals surface area contributed by atoms with Gasteiger partial charge in [-0.3, -0.25) is 0 Å². The minimum absolute atomic E-state index is 0.167. The van der Waals surface area contributed by atoms with E-state index in [1.807, 2.05) is 6.92 Å². The van der Waals surface area contributed by atoms with Crippen LogP contribution in [0.2, 0.25) is 4.22 Å². The van der Waals surface area contributed by atoms with Crippen molar-refractivity contribution in [2.24, 2.45) is 0 Å². The number of rotatable bonds is 3. The van der Waals surface area contributed by atoms with Crippen molar-refractivity contribution >= 4 is 5.97 Å². The molecule has 0 amide bonds. The van der Waals surface area contributed by atoms with Crippen molar-refractivity contribution in [3.8, 4) is 0 Å². The first kappa shape index (κ1) is 8.18. The molecule has 3 heteroatoms. The van der Waals surface area contributed by atoms with Gasteiger partial charge in [-0.05, 0) is 0 Å². The van der Waals surface area contributed by atoms with Crippen molar-refractivity contribution in [2.45, 2.75) is 24.0 Å². The predicted molar refractivity (Wildman–Crippen MR) is 26.3 cm³/mol. The second-order valence-corrected chi connectivity index (χ2v) is 2.77. The van der Waals surface area contributed by atoms with E-state index >= 15 is 0 Å². The van der Waals surface area contributed by atoms with E-state index in [-0.39, 0.29) is 4.22 Å². The van der Waals surface area contributed by atoms with Crippen LogP contribution in [0.3, 0.4) is 0 Å². The molecule has 0 rings (SSSR count). The molecule has 0 aliphatic rings. The van der Waals surface area contributed by atoms with E-state index in [0.29, 0.717) is 0 Å². The molecule has 8 heavy (non-hydrogen) atoms. The van der Waals surface area contributed by atoms with Crippen molar-refractivity contribution in [1.82, 2.24) is 0 Å². The summed E-state index contributed by atoms with van der Waals surface area (Å²) in [6.07, 6.45) is 1.74. The van der Waals surface area contributed by atoms with E-state index in [2.05, 4.69) is 0 Å². The fourth-order valence-corrected chi connectivity index (χ4v) is 0.863. The Kier molecular flexibility index (Phi) is 4.20.